The molecule has 0 spiro atoms. The second kappa shape index (κ2) is 24.3. The Morgan fingerprint density at radius 1 is 0.346 bits per heavy atom. The van der Waals surface area contributed by atoms with Crippen molar-refractivity contribution in [2.24, 2.45) is 0 Å². The largest absolute Gasteiger partial charge is 0.382 e. The van der Waals surface area contributed by atoms with Crippen LogP contribution in [0.15, 0.2) is 179 Å². The third-order valence-corrected chi connectivity index (χ3v) is 17.9. The molecule has 9 aromatic carbocycles. The van der Waals surface area contributed by atoms with Gasteiger partial charge in [0.05, 0.1) is 30.7 Å². The SMILES string of the molecule is CCCCOCc1ccc(C2(c3ccc(CCCOCC)cc3)c3cc4c(cc3-c3c2cc(Br)c2ccccc32)C(c2ccc(COCCCC)cc2)(c2ccc(COCCCC)cc2)c2cc(Br)c3ccccc3c2-4)cc1. The molecule has 0 radical (unpaired) electrons. The molecule has 1 atom stereocenters. The van der Waals surface area contributed by atoms with Gasteiger partial charge in [-0.2, -0.15) is 0 Å². The molecule has 0 bridgehead atoms. The van der Waals surface area contributed by atoms with Crippen molar-refractivity contribution in [3.8, 4) is 22.3 Å². The smallest absolute Gasteiger partial charge is 0.0716 e. The predicted molar refractivity (Wildman–Crippen MR) is 330 cm³/mol. The third-order valence-electron chi connectivity index (χ3n) is 16.5. The zero-order valence-electron chi connectivity index (χ0n) is 45.9. The maximum absolute atomic E-state index is 6.23. The van der Waals surface area contributed by atoms with E-state index in [2.05, 4.69) is 229 Å². The zero-order valence-corrected chi connectivity index (χ0v) is 49.0. The summed E-state index contributed by atoms with van der Waals surface area (Å²) in [6.07, 6.45) is 8.43. The monoisotopic (exact) mass is 1160 g/mol. The average molecular weight is 1160 g/mol. The predicted octanol–water partition coefficient (Wildman–Crippen LogP) is 19.2. The maximum atomic E-state index is 6.23. The van der Waals surface area contributed by atoms with Crippen LogP contribution in [0, 0.1) is 0 Å². The molecule has 0 saturated heterocycles. The van der Waals surface area contributed by atoms with E-state index in [0.29, 0.717) is 19.8 Å². The van der Waals surface area contributed by atoms with Gasteiger partial charge in [0.1, 0.15) is 0 Å². The van der Waals surface area contributed by atoms with E-state index in [1.54, 1.807) is 0 Å². The van der Waals surface area contributed by atoms with Gasteiger partial charge in [-0.3, -0.25) is 0 Å². The van der Waals surface area contributed by atoms with Crippen molar-refractivity contribution < 1.29 is 18.9 Å². The van der Waals surface area contributed by atoms with Crippen LogP contribution in [0.2, 0.25) is 0 Å². The fourth-order valence-corrected chi connectivity index (χ4v) is 13.8. The topological polar surface area (TPSA) is 36.9 Å². The van der Waals surface area contributed by atoms with Gasteiger partial charge in [-0.1, -0.05) is 217 Å². The second-order valence-corrected chi connectivity index (χ2v) is 23.1. The Morgan fingerprint density at radius 3 is 1.03 bits per heavy atom. The van der Waals surface area contributed by atoms with E-state index in [9.17, 15) is 0 Å². The highest BCUT2D eigenvalue weighted by Gasteiger charge is 2.52. The molecule has 0 heterocycles. The van der Waals surface area contributed by atoms with Gasteiger partial charge in [-0.25, -0.2) is 0 Å². The molecular formula is C72H72Br2O4. The first-order valence-corrected chi connectivity index (χ1v) is 30.3. The van der Waals surface area contributed by atoms with Crippen molar-refractivity contribution in [3.63, 3.8) is 0 Å². The van der Waals surface area contributed by atoms with Gasteiger partial charge in [0.25, 0.3) is 0 Å². The van der Waals surface area contributed by atoms with Gasteiger partial charge in [-0.15, -0.1) is 0 Å². The number of ether oxygens (including phenoxy) is 4. The average Bonchev–Trinajstić information content (AvgIpc) is 4.09. The van der Waals surface area contributed by atoms with E-state index in [1.165, 1.54) is 111 Å². The lowest BCUT2D eigenvalue weighted by atomic mass is 9.65. The molecule has 0 fully saturated rings. The third kappa shape index (κ3) is 9.94. The van der Waals surface area contributed by atoms with Crippen LogP contribution in [0.25, 0.3) is 43.8 Å². The summed E-state index contributed by atoms with van der Waals surface area (Å²) in [6.45, 7) is 14.2. The normalized spacial score (nSPS) is 14.9. The van der Waals surface area contributed by atoms with E-state index in [1.807, 2.05) is 0 Å². The summed E-state index contributed by atoms with van der Waals surface area (Å²) in [6, 6.07) is 65.7. The van der Waals surface area contributed by atoms with E-state index in [-0.39, 0.29) is 0 Å². The molecule has 398 valence electrons. The number of rotatable bonds is 24. The first-order valence-electron chi connectivity index (χ1n) is 28.7. The Kier molecular flexibility index (Phi) is 16.9. The Labute approximate surface area is 479 Å². The van der Waals surface area contributed by atoms with Crippen molar-refractivity contribution in [3.05, 3.63) is 246 Å². The minimum atomic E-state index is -0.714. The number of halogens is 2. The van der Waals surface area contributed by atoms with E-state index >= 15 is 0 Å². The van der Waals surface area contributed by atoms with E-state index < -0.39 is 10.8 Å². The minimum Gasteiger partial charge on any atom is -0.382 e. The molecule has 4 nitrogen and oxygen atoms in total. The van der Waals surface area contributed by atoms with Gasteiger partial charge in [0, 0.05) is 42.0 Å². The van der Waals surface area contributed by atoms with Crippen LogP contribution in [0.5, 0.6) is 0 Å². The van der Waals surface area contributed by atoms with Crippen molar-refractivity contribution in [1.29, 1.82) is 0 Å². The Hall–Kier alpha value is -5.70. The Balaban J connectivity index is 1.22. The molecule has 78 heavy (non-hydrogen) atoms. The number of benzene rings is 9. The molecule has 9 aromatic rings. The fourth-order valence-electron chi connectivity index (χ4n) is 12.6. The van der Waals surface area contributed by atoms with Gasteiger partial charge < -0.3 is 18.9 Å². The molecular weight excluding hydrogens is 1090 g/mol. The Morgan fingerprint density at radius 2 is 0.679 bits per heavy atom. The molecule has 2 aliphatic rings. The number of hydrogen-bond donors (Lipinski definition) is 0. The van der Waals surface area contributed by atoms with Gasteiger partial charge in [-0.05, 0) is 174 Å². The van der Waals surface area contributed by atoms with Crippen molar-refractivity contribution >= 4 is 53.4 Å². The second-order valence-electron chi connectivity index (χ2n) is 21.4. The molecule has 0 amide bonds. The first-order chi connectivity index (χ1) is 38.4. The standard InChI is InChI=1S/C72H72Br2O4/c1-5-9-38-76-46-50-24-32-54(33-25-50)71(53-30-22-49(23-31-53)17-16-41-75-8-4)63-42-62-64(43-61(63)69-59-20-14-12-18-57(59)67(73)44-65(69)71)72(55-34-26-51(27-35-55)47-77-39-10-6-2,56-36-28-52(29-37-56)48-78-40-11-7-3)66-45-68(74)58-19-13-15-21-60(58)70(62)66/h12-15,18-37,42-45H,5-11,16-17,38-41,46-48H2,1-4H3. The first kappa shape index (κ1) is 54.3. The van der Waals surface area contributed by atoms with Crippen molar-refractivity contribution in [2.45, 2.75) is 110 Å². The summed E-state index contributed by atoms with van der Waals surface area (Å²) in [4.78, 5) is 0. The number of unbranched alkanes of at least 4 members (excludes halogenated alkanes) is 3. The maximum Gasteiger partial charge on any atom is 0.0716 e. The van der Waals surface area contributed by atoms with Gasteiger partial charge >= 0.3 is 0 Å². The summed E-state index contributed by atoms with van der Waals surface area (Å²) < 4.78 is 26.6. The van der Waals surface area contributed by atoms with Crippen LogP contribution >= 0.6 is 31.9 Å². The summed E-state index contributed by atoms with van der Waals surface area (Å²) in [5, 5.41) is 4.84. The lowest BCUT2D eigenvalue weighted by molar-refractivity contribution is 0.118. The molecule has 11 rings (SSSR count). The molecule has 6 heteroatoms. The van der Waals surface area contributed by atoms with Gasteiger partial charge in [0.2, 0.25) is 0 Å². The van der Waals surface area contributed by atoms with Crippen LogP contribution in [0.4, 0.5) is 0 Å². The molecule has 0 aliphatic heterocycles. The van der Waals surface area contributed by atoms with Crippen molar-refractivity contribution in [2.75, 3.05) is 33.0 Å². The van der Waals surface area contributed by atoms with Crippen LogP contribution in [-0.2, 0) is 56.0 Å². The molecule has 0 saturated carbocycles. The van der Waals surface area contributed by atoms with Crippen molar-refractivity contribution in [1.82, 2.24) is 0 Å². The van der Waals surface area contributed by atoms with Gasteiger partial charge in [0.15, 0.2) is 0 Å². The van der Waals surface area contributed by atoms with Crippen LogP contribution < -0.4 is 0 Å². The quantitative estimate of drug-likeness (QED) is 0.0565. The van der Waals surface area contributed by atoms with E-state index in [0.717, 1.165) is 93.3 Å². The summed E-state index contributed by atoms with van der Waals surface area (Å²) in [7, 11) is 0. The fraction of sp³-hybridized carbons (Fsp3) is 0.306. The van der Waals surface area contributed by atoms with Crippen LogP contribution in [-0.4, -0.2) is 33.0 Å². The van der Waals surface area contributed by atoms with E-state index in [4.69, 9.17) is 18.9 Å². The summed E-state index contributed by atoms with van der Waals surface area (Å²) in [5.41, 5.74) is 18.5. The lowest BCUT2D eigenvalue weighted by Crippen LogP contribution is -2.30. The molecule has 1 unspecified atom stereocenters. The zero-order chi connectivity index (χ0) is 53.6. The highest BCUT2D eigenvalue weighted by Crippen LogP contribution is 2.65. The molecule has 0 aromatic heterocycles. The number of hydrogen-bond acceptors (Lipinski definition) is 4. The highest BCUT2D eigenvalue weighted by molar-refractivity contribution is 9.11. The lowest BCUT2D eigenvalue weighted by Gasteiger charge is -2.36. The van der Waals surface area contributed by atoms with Crippen LogP contribution in [0.3, 0.4) is 0 Å². The van der Waals surface area contributed by atoms with Crippen LogP contribution in [0.1, 0.15) is 139 Å². The summed E-state index contributed by atoms with van der Waals surface area (Å²) >= 11 is 8.38. The number of aryl methyl sites for hydroxylation is 1. The highest BCUT2D eigenvalue weighted by atomic mass is 79.9. The Bertz CT molecular complexity index is 3180. The number of fused-ring (bicyclic) bond motifs is 10. The molecule has 0 N–H and O–H groups in total. The minimum absolute atomic E-state index is 0.583. The molecule has 2 aliphatic carbocycles. The summed E-state index contributed by atoms with van der Waals surface area (Å²) in [5.74, 6) is 0.